The maximum atomic E-state index is 5.09. The Morgan fingerprint density at radius 3 is 2.88 bits per heavy atom. The molecular weight excluding hydrogens is 300 g/mol. The molecule has 0 aliphatic heterocycles. The molecule has 2 rings (SSSR count). The number of nitrogens with one attached hydrogen (secondary N) is 1. The molecule has 0 aliphatic carbocycles. The van der Waals surface area contributed by atoms with Crippen LogP contribution in [0.2, 0.25) is 0 Å². The molecule has 0 amide bonds. The van der Waals surface area contributed by atoms with Crippen LogP contribution < -0.4 is 4.90 Å². The highest BCUT2D eigenvalue weighted by Crippen LogP contribution is 2.15. The topological polar surface area (TPSA) is 36.9 Å². The highest BCUT2D eigenvalue weighted by Gasteiger charge is 2.08. The molecule has 0 saturated heterocycles. The van der Waals surface area contributed by atoms with Crippen molar-refractivity contribution in [2.75, 3.05) is 11.9 Å². The van der Waals surface area contributed by atoms with Crippen LogP contribution in [-0.4, -0.2) is 21.8 Å². The third kappa shape index (κ3) is 2.76. The van der Waals surface area contributed by atoms with E-state index in [9.17, 15) is 0 Å². The van der Waals surface area contributed by atoms with Crippen LogP contribution >= 0.6 is 28.1 Å². The maximum Gasteiger partial charge on any atom is 0.225 e. The van der Waals surface area contributed by atoms with Crippen LogP contribution in [-0.2, 0) is 13.6 Å². The molecule has 0 unspecified atom stereocenters. The van der Waals surface area contributed by atoms with Gasteiger partial charge >= 0.3 is 0 Å². The number of H-pyrrole nitrogens is 1. The van der Waals surface area contributed by atoms with Crippen molar-refractivity contribution in [1.82, 2.24) is 14.8 Å². The number of hydrogen-bond donors (Lipinski definition) is 1. The molecule has 17 heavy (non-hydrogen) atoms. The van der Waals surface area contributed by atoms with Crippen molar-refractivity contribution in [3.05, 3.63) is 39.1 Å². The predicted molar refractivity (Wildman–Crippen MR) is 74.6 cm³/mol. The third-order valence-corrected chi connectivity index (χ3v) is 3.36. The van der Waals surface area contributed by atoms with Gasteiger partial charge in [-0.15, -0.1) is 5.10 Å². The summed E-state index contributed by atoms with van der Waals surface area (Å²) in [5.74, 6) is 0.829. The van der Waals surface area contributed by atoms with E-state index in [0.29, 0.717) is 4.77 Å². The Hall–Kier alpha value is -1.14. The van der Waals surface area contributed by atoms with E-state index >= 15 is 0 Å². The first-order valence-corrected chi connectivity index (χ1v) is 6.35. The molecule has 0 aliphatic rings. The third-order valence-electron chi connectivity index (χ3n) is 2.51. The number of benzene rings is 1. The second-order valence-corrected chi connectivity index (χ2v) is 5.18. The van der Waals surface area contributed by atoms with Gasteiger partial charge in [-0.25, -0.2) is 5.10 Å². The Labute approximate surface area is 113 Å². The summed E-state index contributed by atoms with van der Waals surface area (Å²) < 4.78 is 3.56. The Kier molecular flexibility index (Phi) is 3.63. The molecule has 1 aromatic carbocycles. The van der Waals surface area contributed by atoms with Crippen molar-refractivity contribution in [3.63, 3.8) is 0 Å². The zero-order valence-corrected chi connectivity index (χ0v) is 12.0. The fourth-order valence-electron chi connectivity index (χ4n) is 1.66. The number of halogens is 1. The van der Waals surface area contributed by atoms with Crippen molar-refractivity contribution < 1.29 is 0 Å². The first kappa shape index (κ1) is 12.3. The maximum absolute atomic E-state index is 5.09. The van der Waals surface area contributed by atoms with Gasteiger partial charge in [-0.1, -0.05) is 28.1 Å². The summed E-state index contributed by atoms with van der Waals surface area (Å²) in [4.78, 5) is 2.05. The van der Waals surface area contributed by atoms with Gasteiger partial charge in [0.25, 0.3) is 0 Å². The number of rotatable bonds is 3. The van der Waals surface area contributed by atoms with Gasteiger partial charge in [0.1, 0.15) is 0 Å². The molecule has 0 fully saturated rings. The fourth-order valence-corrected chi connectivity index (χ4v) is 2.23. The minimum atomic E-state index is 0.626. The summed E-state index contributed by atoms with van der Waals surface area (Å²) in [6.07, 6.45) is 0. The van der Waals surface area contributed by atoms with E-state index in [0.717, 1.165) is 17.0 Å². The van der Waals surface area contributed by atoms with Gasteiger partial charge in [0.2, 0.25) is 5.95 Å². The van der Waals surface area contributed by atoms with E-state index in [-0.39, 0.29) is 0 Å². The van der Waals surface area contributed by atoms with Crippen LogP contribution in [0.5, 0.6) is 0 Å². The minimum Gasteiger partial charge on any atom is -0.340 e. The van der Waals surface area contributed by atoms with Gasteiger partial charge in [0.05, 0.1) is 0 Å². The van der Waals surface area contributed by atoms with Gasteiger partial charge in [-0.2, -0.15) is 0 Å². The number of aromatic amines is 1. The van der Waals surface area contributed by atoms with E-state index in [2.05, 4.69) is 38.3 Å². The SMILES string of the molecule is CN(Cc1cccc(Br)c1)c1n[nH]c(=S)n1C. The van der Waals surface area contributed by atoms with Crippen molar-refractivity contribution >= 4 is 34.1 Å². The standard InChI is InChI=1S/C11H13BrN4S/c1-15(10-13-14-11(17)16(10)2)7-8-4-3-5-9(12)6-8/h3-6H,7H2,1-2H3,(H,14,17). The van der Waals surface area contributed by atoms with E-state index in [4.69, 9.17) is 12.2 Å². The summed E-state index contributed by atoms with van der Waals surface area (Å²) in [6, 6.07) is 8.22. The fraction of sp³-hybridized carbons (Fsp3) is 0.273. The lowest BCUT2D eigenvalue weighted by Gasteiger charge is -2.17. The zero-order valence-electron chi connectivity index (χ0n) is 9.64. The summed E-state index contributed by atoms with van der Waals surface area (Å²) >= 11 is 8.55. The van der Waals surface area contributed by atoms with Crippen molar-refractivity contribution in [2.24, 2.45) is 7.05 Å². The largest absolute Gasteiger partial charge is 0.340 e. The lowest BCUT2D eigenvalue weighted by Crippen LogP contribution is -2.20. The molecule has 90 valence electrons. The molecule has 0 saturated carbocycles. The average Bonchev–Trinajstić information content (AvgIpc) is 2.60. The molecular formula is C11H13BrN4S. The first-order valence-electron chi connectivity index (χ1n) is 5.15. The van der Waals surface area contributed by atoms with Gasteiger partial charge in [-0.3, -0.25) is 4.57 Å². The highest BCUT2D eigenvalue weighted by molar-refractivity contribution is 9.10. The lowest BCUT2D eigenvalue weighted by atomic mass is 10.2. The van der Waals surface area contributed by atoms with E-state index in [1.54, 1.807) is 0 Å². The number of nitrogens with zero attached hydrogens (tertiary/aromatic N) is 3. The summed E-state index contributed by atoms with van der Waals surface area (Å²) in [7, 11) is 3.89. The lowest BCUT2D eigenvalue weighted by molar-refractivity contribution is 0.800. The molecule has 0 atom stereocenters. The van der Waals surface area contributed by atoms with E-state index in [1.165, 1.54) is 5.56 Å². The number of anilines is 1. The molecule has 4 nitrogen and oxygen atoms in total. The average molecular weight is 313 g/mol. The molecule has 0 radical (unpaired) electrons. The molecule has 1 N–H and O–H groups in total. The van der Waals surface area contributed by atoms with Crippen LogP contribution in [0, 0.1) is 4.77 Å². The van der Waals surface area contributed by atoms with Crippen LogP contribution in [0.3, 0.4) is 0 Å². The monoisotopic (exact) mass is 312 g/mol. The molecule has 0 spiro atoms. The van der Waals surface area contributed by atoms with Crippen LogP contribution in [0.25, 0.3) is 0 Å². The van der Waals surface area contributed by atoms with Gasteiger partial charge in [0, 0.05) is 25.1 Å². The molecule has 2 aromatic rings. The van der Waals surface area contributed by atoms with E-state index < -0.39 is 0 Å². The Morgan fingerprint density at radius 2 is 2.29 bits per heavy atom. The Balaban J connectivity index is 2.20. The normalized spacial score (nSPS) is 10.5. The summed E-state index contributed by atoms with van der Waals surface area (Å²) in [5.41, 5.74) is 1.22. The summed E-state index contributed by atoms with van der Waals surface area (Å²) in [5, 5.41) is 6.97. The molecule has 6 heteroatoms. The summed E-state index contributed by atoms with van der Waals surface area (Å²) in [6.45, 7) is 0.785. The van der Waals surface area contributed by atoms with Crippen molar-refractivity contribution in [2.45, 2.75) is 6.54 Å². The predicted octanol–water partition coefficient (Wildman–Crippen LogP) is 2.88. The number of hydrogen-bond acceptors (Lipinski definition) is 3. The van der Waals surface area contributed by atoms with Crippen molar-refractivity contribution in [1.29, 1.82) is 0 Å². The Bertz CT molecular complexity index is 575. The highest BCUT2D eigenvalue weighted by atomic mass is 79.9. The molecule has 1 aromatic heterocycles. The second kappa shape index (κ2) is 5.01. The van der Waals surface area contributed by atoms with Gasteiger partial charge in [-0.05, 0) is 29.9 Å². The molecule has 1 heterocycles. The smallest absolute Gasteiger partial charge is 0.225 e. The van der Waals surface area contributed by atoms with Gasteiger partial charge in [0.15, 0.2) is 4.77 Å². The van der Waals surface area contributed by atoms with Crippen LogP contribution in [0.4, 0.5) is 5.95 Å². The number of aromatic nitrogens is 3. The quantitative estimate of drug-likeness (QED) is 0.885. The van der Waals surface area contributed by atoms with Gasteiger partial charge < -0.3 is 4.90 Å². The first-order chi connectivity index (χ1) is 8.08. The zero-order chi connectivity index (χ0) is 12.4. The molecule has 0 bridgehead atoms. The second-order valence-electron chi connectivity index (χ2n) is 3.87. The van der Waals surface area contributed by atoms with Crippen molar-refractivity contribution in [3.8, 4) is 0 Å². The van der Waals surface area contributed by atoms with Crippen LogP contribution in [0.15, 0.2) is 28.7 Å². The van der Waals surface area contributed by atoms with E-state index in [1.807, 2.05) is 35.7 Å². The minimum absolute atomic E-state index is 0.626. The van der Waals surface area contributed by atoms with Crippen LogP contribution in [0.1, 0.15) is 5.56 Å². The Morgan fingerprint density at radius 1 is 1.53 bits per heavy atom.